The maximum Gasteiger partial charge on any atom is 0.244 e. The molecule has 0 aromatic rings. The molecule has 2 saturated carbocycles. The normalized spacial score (nSPS) is 36.7. The van der Waals surface area contributed by atoms with E-state index in [0.29, 0.717) is 17.9 Å². The molecule has 1 heterocycles. The van der Waals surface area contributed by atoms with Crippen LogP contribution in [0.25, 0.3) is 0 Å². The average molecular weight is 264 g/mol. The molecule has 0 aromatic heterocycles. The number of amides is 1. The molecule has 0 radical (unpaired) electrons. The summed E-state index contributed by atoms with van der Waals surface area (Å²) in [4.78, 5) is 15.2. The first-order valence-electron chi connectivity index (χ1n) is 8.19. The summed E-state index contributed by atoms with van der Waals surface area (Å²) in [5.74, 6) is 1.70. The number of carbonyl (C=O) groups is 1. The van der Waals surface area contributed by atoms with Crippen molar-refractivity contribution in [3.63, 3.8) is 0 Å². The van der Waals surface area contributed by atoms with Crippen molar-refractivity contribution in [3.8, 4) is 0 Å². The van der Waals surface area contributed by atoms with Gasteiger partial charge in [0.1, 0.15) is 0 Å². The van der Waals surface area contributed by atoms with Gasteiger partial charge in [0.05, 0.1) is 11.7 Å². The van der Waals surface area contributed by atoms with Crippen molar-refractivity contribution in [2.75, 3.05) is 0 Å². The van der Waals surface area contributed by atoms with Crippen LogP contribution in [-0.4, -0.2) is 28.6 Å². The molecule has 0 bridgehead atoms. The van der Waals surface area contributed by atoms with E-state index in [1.165, 1.54) is 32.1 Å². The van der Waals surface area contributed by atoms with Gasteiger partial charge in [-0.1, -0.05) is 40.0 Å². The fourth-order valence-corrected chi connectivity index (χ4v) is 4.22. The van der Waals surface area contributed by atoms with Crippen molar-refractivity contribution >= 4 is 5.91 Å². The van der Waals surface area contributed by atoms with Crippen LogP contribution in [0.5, 0.6) is 0 Å². The Morgan fingerprint density at radius 3 is 2.63 bits per heavy atom. The standard InChI is InChI=1S/C16H28N2O/c1-4-7-12-10-13(12)18-14(11(2)3)17-16(15(18)19)8-5-6-9-16/h11-14,17H,4-10H2,1-3H3. The first-order chi connectivity index (χ1) is 9.09. The minimum atomic E-state index is -0.186. The first kappa shape index (κ1) is 13.4. The summed E-state index contributed by atoms with van der Waals surface area (Å²) in [5, 5.41) is 3.73. The SMILES string of the molecule is CCCC1CC1N1C(=O)C2(CCCC2)NC1C(C)C. The highest BCUT2D eigenvalue weighted by molar-refractivity contribution is 5.89. The molecule has 1 aliphatic heterocycles. The fourth-order valence-electron chi connectivity index (χ4n) is 4.22. The lowest BCUT2D eigenvalue weighted by Crippen LogP contribution is -2.45. The minimum Gasteiger partial charge on any atom is -0.322 e. The summed E-state index contributed by atoms with van der Waals surface area (Å²) in [6.45, 7) is 6.73. The molecule has 1 N–H and O–H groups in total. The molecule has 3 rings (SSSR count). The van der Waals surface area contributed by atoms with Crippen LogP contribution in [0, 0.1) is 11.8 Å². The van der Waals surface area contributed by atoms with Gasteiger partial charge in [0.15, 0.2) is 0 Å². The second-order valence-electron chi connectivity index (χ2n) is 7.19. The van der Waals surface area contributed by atoms with Gasteiger partial charge in [-0.25, -0.2) is 0 Å². The van der Waals surface area contributed by atoms with Crippen LogP contribution in [0.4, 0.5) is 0 Å². The summed E-state index contributed by atoms with van der Waals surface area (Å²) in [6.07, 6.45) is 8.56. The summed E-state index contributed by atoms with van der Waals surface area (Å²) >= 11 is 0. The Morgan fingerprint density at radius 2 is 2.05 bits per heavy atom. The van der Waals surface area contributed by atoms with E-state index in [1.54, 1.807) is 0 Å². The highest BCUT2D eigenvalue weighted by Gasteiger charge is 2.58. The Bertz CT molecular complexity index is 360. The van der Waals surface area contributed by atoms with E-state index in [4.69, 9.17) is 0 Å². The molecule has 108 valence electrons. The highest BCUT2D eigenvalue weighted by atomic mass is 16.2. The zero-order valence-corrected chi connectivity index (χ0v) is 12.6. The second kappa shape index (κ2) is 4.76. The van der Waals surface area contributed by atoms with Gasteiger partial charge in [0, 0.05) is 6.04 Å². The number of nitrogens with one attached hydrogen (secondary N) is 1. The zero-order chi connectivity index (χ0) is 13.6. The van der Waals surface area contributed by atoms with Gasteiger partial charge < -0.3 is 4.90 Å². The van der Waals surface area contributed by atoms with Crippen molar-refractivity contribution in [1.82, 2.24) is 10.2 Å². The molecule has 1 saturated heterocycles. The van der Waals surface area contributed by atoms with Gasteiger partial charge in [-0.2, -0.15) is 0 Å². The van der Waals surface area contributed by atoms with Crippen LogP contribution >= 0.6 is 0 Å². The lowest BCUT2D eigenvalue weighted by molar-refractivity contribution is -0.134. The Kier molecular flexibility index (Phi) is 3.36. The Labute approximate surface area is 117 Å². The van der Waals surface area contributed by atoms with Crippen molar-refractivity contribution < 1.29 is 4.79 Å². The molecule has 3 unspecified atom stereocenters. The van der Waals surface area contributed by atoms with E-state index in [-0.39, 0.29) is 11.7 Å². The Balaban J connectivity index is 1.78. The summed E-state index contributed by atoms with van der Waals surface area (Å²) < 4.78 is 0. The van der Waals surface area contributed by atoms with Gasteiger partial charge in [-0.15, -0.1) is 0 Å². The maximum absolute atomic E-state index is 12.9. The van der Waals surface area contributed by atoms with E-state index in [0.717, 1.165) is 18.8 Å². The van der Waals surface area contributed by atoms with Crippen molar-refractivity contribution in [1.29, 1.82) is 0 Å². The molecule has 3 atom stereocenters. The molecule has 19 heavy (non-hydrogen) atoms. The van der Waals surface area contributed by atoms with E-state index in [1.807, 2.05) is 0 Å². The van der Waals surface area contributed by atoms with Crippen LogP contribution in [0.2, 0.25) is 0 Å². The van der Waals surface area contributed by atoms with Gasteiger partial charge in [-0.3, -0.25) is 10.1 Å². The molecule has 1 spiro atoms. The van der Waals surface area contributed by atoms with E-state index in [9.17, 15) is 4.79 Å². The summed E-state index contributed by atoms with van der Waals surface area (Å²) in [5.41, 5.74) is -0.186. The molecular formula is C16H28N2O. The third-order valence-corrected chi connectivity index (χ3v) is 5.36. The molecule has 3 fully saturated rings. The van der Waals surface area contributed by atoms with E-state index >= 15 is 0 Å². The van der Waals surface area contributed by atoms with Gasteiger partial charge in [-0.05, 0) is 37.5 Å². The molecule has 2 aliphatic carbocycles. The van der Waals surface area contributed by atoms with E-state index in [2.05, 4.69) is 31.0 Å². The molecule has 3 nitrogen and oxygen atoms in total. The van der Waals surface area contributed by atoms with Crippen LogP contribution in [0.1, 0.15) is 65.7 Å². The van der Waals surface area contributed by atoms with Crippen LogP contribution in [0.3, 0.4) is 0 Å². The average Bonchev–Trinajstić information content (AvgIpc) is 2.86. The van der Waals surface area contributed by atoms with Gasteiger partial charge >= 0.3 is 0 Å². The lowest BCUT2D eigenvalue weighted by Gasteiger charge is -2.27. The van der Waals surface area contributed by atoms with Crippen LogP contribution < -0.4 is 5.32 Å². The minimum absolute atomic E-state index is 0.186. The summed E-state index contributed by atoms with van der Waals surface area (Å²) in [6, 6.07) is 0.535. The number of hydrogen-bond donors (Lipinski definition) is 1. The topological polar surface area (TPSA) is 32.3 Å². The fraction of sp³-hybridized carbons (Fsp3) is 0.938. The predicted molar refractivity (Wildman–Crippen MR) is 76.6 cm³/mol. The zero-order valence-electron chi connectivity index (χ0n) is 12.6. The molecule has 3 aliphatic rings. The first-order valence-corrected chi connectivity index (χ1v) is 8.19. The maximum atomic E-state index is 12.9. The van der Waals surface area contributed by atoms with Gasteiger partial charge in [0.25, 0.3) is 0 Å². The van der Waals surface area contributed by atoms with Crippen molar-refractivity contribution in [2.24, 2.45) is 11.8 Å². The molecule has 1 amide bonds. The summed E-state index contributed by atoms with van der Waals surface area (Å²) in [7, 11) is 0. The monoisotopic (exact) mass is 264 g/mol. The van der Waals surface area contributed by atoms with Crippen molar-refractivity contribution in [2.45, 2.75) is 83.5 Å². The van der Waals surface area contributed by atoms with Gasteiger partial charge in [0.2, 0.25) is 5.91 Å². The number of rotatable bonds is 4. The highest BCUT2D eigenvalue weighted by Crippen LogP contribution is 2.46. The van der Waals surface area contributed by atoms with Crippen LogP contribution in [0.15, 0.2) is 0 Å². The Morgan fingerprint density at radius 1 is 1.37 bits per heavy atom. The predicted octanol–water partition coefficient (Wildman–Crippen LogP) is 2.90. The Hall–Kier alpha value is -0.570. The number of hydrogen-bond acceptors (Lipinski definition) is 2. The molecular weight excluding hydrogens is 236 g/mol. The lowest BCUT2D eigenvalue weighted by atomic mass is 9.98. The largest absolute Gasteiger partial charge is 0.322 e. The van der Waals surface area contributed by atoms with Crippen LogP contribution in [-0.2, 0) is 4.79 Å². The molecule has 0 aromatic carbocycles. The van der Waals surface area contributed by atoms with Crippen molar-refractivity contribution in [3.05, 3.63) is 0 Å². The second-order valence-corrected chi connectivity index (χ2v) is 7.19. The smallest absolute Gasteiger partial charge is 0.244 e. The molecule has 3 heteroatoms. The third-order valence-electron chi connectivity index (χ3n) is 5.36. The number of carbonyl (C=O) groups excluding carboxylic acids is 1. The number of nitrogens with zero attached hydrogens (tertiary/aromatic N) is 1. The van der Waals surface area contributed by atoms with E-state index < -0.39 is 0 Å². The third kappa shape index (κ3) is 2.10. The quantitative estimate of drug-likeness (QED) is 0.847.